The summed E-state index contributed by atoms with van der Waals surface area (Å²) in [4.78, 5) is 36.6. The van der Waals surface area contributed by atoms with Gasteiger partial charge in [-0.3, -0.25) is 10.1 Å². The predicted octanol–water partition coefficient (Wildman–Crippen LogP) is 4.01. The second kappa shape index (κ2) is 11.1. The van der Waals surface area contributed by atoms with E-state index < -0.39 is 22.8 Å². The average molecular weight is 466 g/mol. The van der Waals surface area contributed by atoms with E-state index in [1.165, 1.54) is 25.3 Å². The molecular formula is C25H26N2O7. The minimum atomic E-state index is -0.887. The van der Waals surface area contributed by atoms with Gasteiger partial charge in [0.25, 0.3) is 5.69 Å². The number of nitrogens with one attached hydrogen (secondary N) is 1. The van der Waals surface area contributed by atoms with E-state index in [0.717, 1.165) is 5.75 Å². The number of hydrogen-bond donors (Lipinski definition) is 1. The lowest BCUT2D eigenvalue weighted by Crippen LogP contribution is -2.32. The molecule has 0 fully saturated rings. The molecule has 3 rings (SSSR count). The summed E-state index contributed by atoms with van der Waals surface area (Å²) in [5.74, 6) is -1.44. The Morgan fingerprint density at radius 3 is 2.29 bits per heavy atom. The van der Waals surface area contributed by atoms with E-state index in [9.17, 15) is 19.7 Å². The molecule has 1 aliphatic heterocycles. The molecule has 0 aromatic heterocycles. The highest BCUT2D eigenvalue weighted by Crippen LogP contribution is 2.40. The standard InChI is InChI=1S/C25H26N2O7/c1-16-21(24(28)32-3)23(18-9-7-10-19(15-18)27(30)31)22(17(2)26-16)25(29)34-14-8-13-33-20-11-5-4-6-12-20/h4-7,9-12,15,23,26H,8,13-14H2,1-3H3. The molecule has 2 aromatic rings. The predicted molar refractivity (Wildman–Crippen MR) is 124 cm³/mol. The average Bonchev–Trinajstić information content (AvgIpc) is 2.83. The topological polar surface area (TPSA) is 117 Å². The quantitative estimate of drug-likeness (QED) is 0.255. The van der Waals surface area contributed by atoms with Gasteiger partial charge in [0.2, 0.25) is 0 Å². The fraction of sp³-hybridized carbons (Fsp3) is 0.280. The van der Waals surface area contributed by atoms with E-state index >= 15 is 0 Å². The van der Waals surface area contributed by atoms with Crippen LogP contribution in [0.2, 0.25) is 0 Å². The van der Waals surface area contributed by atoms with Crippen LogP contribution in [-0.4, -0.2) is 37.2 Å². The molecule has 1 aliphatic rings. The van der Waals surface area contributed by atoms with Gasteiger partial charge in [0.15, 0.2) is 0 Å². The van der Waals surface area contributed by atoms with Gasteiger partial charge >= 0.3 is 11.9 Å². The van der Waals surface area contributed by atoms with Crippen molar-refractivity contribution in [2.75, 3.05) is 20.3 Å². The number of carbonyl (C=O) groups is 2. The molecular weight excluding hydrogens is 440 g/mol. The summed E-state index contributed by atoms with van der Waals surface area (Å²) >= 11 is 0. The second-order valence-corrected chi connectivity index (χ2v) is 7.63. The zero-order chi connectivity index (χ0) is 24.7. The van der Waals surface area contributed by atoms with Crippen LogP contribution in [0.5, 0.6) is 5.75 Å². The number of carbonyl (C=O) groups excluding carboxylic acids is 2. The third-order valence-corrected chi connectivity index (χ3v) is 5.33. The van der Waals surface area contributed by atoms with Crippen molar-refractivity contribution in [2.45, 2.75) is 26.2 Å². The van der Waals surface area contributed by atoms with E-state index in [1.807, 2.05) is 30.3 Å². The first kappa shape index (κ1) is 24.5. The van der Waals surface area contributed by atoms with Crippen molar-refractivity contribution in [3.63, 3.8) is 0 Å². The molecule has 1 heterocycles. The Kier molecular flexibility index (Phi) is 8.02. The zero-order valence-electron chi connectivity index (χ0n) is 19.2. The summed E-state index contributed by atoms with van der Waals surface area (Å²) in [6.45, 7) is 3.83. The summed E-state index contributed by atoms with van der Waals surface area (Å²) in [7, 11) is 1.24. The molecule has 9 nitrogen and oxygen atoms in total. The normalized spacial score (nSPS) is 15.4. The van der Waals surface area contributed by atoms with Crippen molar-refractivity contribution >= 4 is 17.6 Å². The highest BCUT2D eigenvalue weighted by molar-refractivity contribution is 5.99. The molecule has 1 N–H and O–H groups in total. The number of nitro groups is 1. The minimum absolute atomic E-state index is 0.0976. The van der Waals surface area contributed by atoms with Gasteiger partial charge in [-0.2, -0.15) is 0 Å². The maximum atomic E-state index is 13.1. The van der Waals surface area contributed by atoms with Crippen LogP contribution in [0.15, 0.2) is 77.1 Å². The molecule has 0 saturated heterocycles. The van der Waals surface area contributed by atoms with E-state index in [2.05, 4.69) is 5.32 Å². The lowest BCUT2D eigenvalue weighted by atomic mass is 9.80. The third kappa shape index (κ3) is 5.61. The molecule has 0 bridgehead atoms. The Bertz CT molecular complexity index is 1140. The number of benzene rings is 2. The van der Waals surface area contributed by atoms with Crippen LogP contribution in [0.25, 0.3) is 0 Å². The van der Waals surface area contributed by atoms with Crippen LogP contribution < -0.4 is 10.1 Å². The molecule has 0 saturated carbocycles. The monoisotopic (exact) mass is 466 g/mol. The summed E-state index contributed by atoms with van der Waals surface area (Å²) < 4.78 is 16.0. The first-order valence-corrected chi connectivity index (χ1v) is 10.7. The lowest BCUT2D eigenvalue weighted by molar-refractivity contribution is -0.384. The highest BCUT2D eigenvalue weighted by Gasteiger charge is 2.38. The number of nitro benzene ring substituents is 1. The van der Waals surface area contributed by atoms with E-state index in [0.29, 0.717) is 30.0 Å². The van der Waals surface area contributed by atoms with Gasteiger partial charge in [0.1, 0.15) is 5.75 Å². The van der Waals surface area contributed by atoms with Gasteiger partial charge < -0.3 is 19.5 Å². The highest BCUT2D eigenvalue weighted by atomic mass is 16.6. The fourth-order valence-corrected chi connectivity index (χ4v) is 3.80. The molecule has 0 radical (unpaired) electrons. The van der Waals surface area contributed by atoms with E-state index in [1.54, 1.807) is 19.9 Å². The Balaban J connectivity index is 1.82. The van der Waals surface area contributed by atoms with Gasteiger partial charge in [-0.1, -0.05) is 30.3 Å². The van der Waals surface area contributed by atoms with Gasteiger partial charge in [-0.15, -0.1) is 0 Å². The number of allylic oxidation sites excluding steroid dienone is 2. The summed E-state index contributed by atoms with van der Waals surface area (Å²) in [5, 5.41) is 14.4. The van der Waals surface area contributed by atoms with Crippen molar-refractivity contribution in [2.24, 2.45) is 0 Å². The van der Waals surface area contributed by atoms with Crippen LogP contribution in [0.1, 0.15) is 31.7 Å². The molecule has 9 heteroatoms. The third-order valence-electron chi connectivity index (χ3n) is 5.33. The smallest absolute Gasteiger partial charge is 0.336 e. The van der Waals surface area contributed by atoms with Crippen LogP contribution in [0, 0.1) is 10.1 Å². The van der Waals surface area contributed by atoms with Gasteiger partial charge in [-0.25, -0.2) is 9.59 Å². The molecule has 0 amide bonds. The molecule has 0 aliphatic carbocycles. The molecule has 1 unspecified atom stereocenters. The summed E-state index contributed by atoms with van der Waals surface area (Å²) in [6, 6.07) is 15.1. The van der Waals surface area contributed by atoms with E-state index in [4.69, 9.17) is 14.2 Å². The molecule has 2 aromatic carbocycles. The van der Waals surface area contributed by atoms with E-state index in [-0.39, 0.29) is 23.4 Å². The number of para-hydroxylation sites is 1. The molecule has 1 atom stereocenters. The van der Waals surface area contributed by atoms with Crippen molar-refractivity contribution in [1.82, 2.24) is 5.32 Å². The largest absolute Gasteiger partial charge is 0.493 e. The lowest BCUT2D eigenvalue weighted by Gasteiger charge is -2.30. The Morgan fingerprint density at radius 2 is 1.65 bits per heavy atom. The van der Waals surface area contributed by atoms with Crippen molar-refractivity contribution in [1.29, 1.82) is 0 Å². The maximum absolute atomic E-state index is 13.1. The van der Waals surface area contributed by atoms with Crippen LogP contribution in [0.3, 0.4) is 0 Å². The number of dihydropyridines is 1. The number of nitrogens with zero attached hydrogens (tertiary/aromatic N) is 1. The number of methoxy groups -OCH3 is 1. The number of hydrogen-bond acceptors (Lipinski definition) is 8. The zero-order valence-corrected chi connectivity index (χ0v) is 19.2. The molecule has 34 heavy (non-hydrogen) atoms. The van der Waals surface area contributed by atoms with Gasteiger partial charge in [-0.05, 0) is 31.5 Å². The SMILES string of the molecule is COC(=O)C1=C(C)NC(C)=C(C(=O)OCCCOc2ccccc2)C1c1cccc([N+](=O)[O-])c1. The number of rotatable bonds is 9. The first-order chi connectivity index (χ1) is 16.3. The van der Waals surface area contributed by atoms with Crippen molar-refractivity contribution in [3.05, 3.63) is 92.8 Å². The summed E-state index contributed by atoms with van der Waals surface area (Å²) in [6.07, 6.45) is 0.459. The first-order valence-electron chi connectivity index (χ1n) is 10.7. The Hall–Kier alpha value is -4.14. The number of esters is 2. The van der Waals surface area contributed by atoms with Gasteiger partial charge in [0.05, 0.1) is 42.3 Å². The van der Waals surface area contributed by atoms with Crippen LogP contribution in [0.4, 0.5) is 5.69 Å². The van der Waals surface area contributed by atoms with Crippen molar-refractivity contribution in [3.8, 4) is 5.75 Å². The number of non-ortho nitro benzene ring substituents is 1. The molecule has 178 valence electrons. The maximum Gasteiger partial charge on any atom is 0.336 e. The second-order valence-electron chi connectivity index (χ2n) is 7.63. The van der Waals surface area contributed by atoms with Crippen molar-refractivity contribution < 1.29 is 28.7 Å². The van der Waals surface area contributed by atoms with Crippen LogP contribution >= 0.6 is 0 Å². The van der Waals surface area contributed by atoms with Gasteiger partial charge in [0, 0.05) is 29.9 Å². The number of ether oxygens (including phenoxy) is 3. The van der Waals surface area contributed by atoms with Crippen LogP contribution in [-0.2, 0) is 19.1 Å². The minimum Gasteiger partial charge on any atom is -0.493 e. The Labute approximate surface area is 197 Å². The fourth-order valence-electron chi connectivity index (χ4n) is 3.80. The summed E-state index contributed by atoms with van der Waals surface area (Å²) in [5.41, 5.74) is 1.62. The molecule has 0 spiro atoms. The Morgan fingerprint density at radius 1 is 0.971 bits per heavy atom.